The van der Waals surface area contributed by atoms with Crippen molar-refractivity contribution < 1.29 is 14.2 Å². The molecule has 0 aliphatic heterocycles. The predicted molar refractivity (Wildman–Crippen MR) is 87.6 cm³/mol. The first-order valence-electron chi connectivity index (χ1n) is 6.46. The molecule has 0 unspecified atom stereocenters. The number of benzene rings is 2. The standard InChI is InChI=1S/C16H18BrNO3/c1-19-14-7-5-12(9-13(14)17)18-10-11-4-6-15(20-2)16(8-11)21-3/h4-9,18H,10H2,1-3H3. The molecular formula is C16H18BrNO3. The molecule has 0 atom stereocenters. The van der Waals surface area contributed by atoms with Gasteiger partial charge < -0.3 is 19.5 Å². The maximum Gasteiger partial charge on any atom is 0.161 e. The van der Waals surface area contributed by atoms with Crippen LogP contribution in [-0.2, 0) is 6.54 Å². The van der Waals surface area contributed by atoms with Gasteiger partial charge in [-0.3, -0.25) is 0 Å². The van der Waals surface area contributed by atoms with Crippen LogP contribution in [0.5, 0.6) is 17.2 Å². The molecule has 2 aromatic carbocycles. The Morgan fingerprint density at radius 2 is 1.52 bits per heavy atom. The van der Waals surface area contributed by atoms with Gasteiger partial charge >= 0.3 is 0 Å². The topological polar surface area (TPSA) is 39.7 Å². The Labute approximate surface area is 133 Å². The zero-order chi connectivity index (χ0) is 15.2. The Morgan fingerprint density at radius 1 is 0.857 bits per heavy atom. The molecule has 0 saturated heterocycles. The lowest BCUT2D eigenvalue weighted by atomic mass is 10.2. The average molecular weight is 352 g/mol. The van der Waals surface area contributed by atoms with Crippen LogP contribution in [0.1, 0.15) is 5.56 Å². The second-order valence-electron chi connectivity index (χ2n) is 4.39. The van der Waals surface area contributed by atoms with Gasteiger partial charge in [0.2, 0.25) is 0 Å². The fraction of sp³-hybridized carbons (Fsp3) is 0.250. The molecule has 0 aliphatic carbocycles. The Hall–Kier alpha value is -1.88. The number of anilines is 1. The highest BCUT2D eigenvalue weighted by Gasteiger charge is 2.05. The molecule has 1 N–H and O–H groups in total. The maximum absolute atomic E-state index is 5.30. The van der Waals surface area contributed by atoms with Gasteiger partial charge in [-0.1, -0.05) is 6.07 Å². The fourth-order valence-electron chi connectivity index (χ4n) is 1.97. The largest absolute Gasteiger partial charge is 0.496 e. The van der Waals surface area contributed by atoms with Crippen molar-refractivity contribution in [2.75, 3.05) is 26.6 Å². The Morgan fingerprint density at radius 3 is 2.14 bits per heavy atom. The van der Waals surface area contributed by atoms with Gasteiger partial charge in [-0.15, -0.1) is 0 Å². The highest BCUT2D eigenvalue weighted by atomic mass is 79.9. The minimum Gasteiger partial charge on any atom is -0.496 e. The lowest BCUT2D eigenvalue weighted by Crippen LogP contribution is -2.00. The minimum atomic E-state index is 0.694. The number of hydrogen-bond acceptors (Lipinski definition) is 4. The number of rotatable bonds is 6. The number of methoxy groups -OCH3 is 3. The van der Waals surface area contributed by atoms with Crippen molar-refractivity contribution in [3.05, 3.63) is 46.4 Å². The van der Waals surface area contributed by atoms with Crippen LogP contribution in [0.25, 0.3) is 0 Å². The van der Waals surface area contributed by atoms with E-state index in [1.54, 1.807) is 21.3 Å². The third kappa shape index (κ3) is 3.82. The van der Waals surface area contributed by atoms with Gasteiger partial charge in [0.25, 0.3) is 0 Å². The fourth-order valence-corrected chi connectivity index (χ4v) is 2.51. The van der Waals surface area contributed by atoms with Crippen molar-refractivity contribution >= 4 is 21.6 Å². The third-order valence-corrected chi connectivity index (χ3v) is 3.72. The monoisotopic (exact) mass is 351 g/mol. The van der Waals surface area contributed by atoms with Crippen molar-refractivity contribution in [3.63, 3.8) is 0 Å². The van der Waals surface area contributed by atoms with Crippen molar-refractivity contribution in [2.45, 2.75) is 6.54 Å². The lowest BCUT2D eigenvalue weighted by Gasteiger charge is -2.12. The van der Waals surface area contributed by atoms with Crippen LogP contribution in [0.15, 0.2) is 40.9 Å². The van der Waals surface area contributed by atoms with E-state index in [1.165, 1.54) is 0 Å². The SMILES string of the molecule is COc1ccc(NCc2ccc(OC)c(OC)c2)cc1Br. The van der Waals surface area contributed by atoms with Crippen molar-refractivity contribution in [3.8, 4) is 17.2 Å². The van der Waals surface area contributed by atoms with Crippen LogP contribution in [0.2, 0.25) is 0 Å². The Kier molecular flexibility index (Phi) is 5.33. The number of ether oxygens (including phenoxy) is 3. The Balaban J connectivity index is 2.07. The maximum atomic E-state index is 5.30. The summed E-state index contributed by atoms with van der Waals surface area (Å²) < 4.78 is 16.7. The molecule has 0 aliphatic rings. The van der Waals surface area contributed by atoms with Crippen molar-refractivity contribution in [1.29, 1.82) is 0 Å². The van der Waals surface area contributed by atoms with E-state index in [1.807, 2.05) is 36.4 Å². The van der Waals surface area contributed by atoms with E-state index in [2.05, 4.69) is 21.2 Å². The molecule has 112 valence electrons. The summed E-state index contributed by atoms with van der Waals surface area (Å²) in [6, 6.07) is 11.8. The molecule has 2 rings (SSSR count). The predicted octanol–water partition coefficient (Wildman–Crippen LogP) is 4.09. The molecule has 4 nitrogen and oxygen atoms in total. The van der Waals surface area contributed by atoms with E-state index in [0.717, 1.165) is 33.0 Å². The van der Waals surface area contributed by atoms with E-state index < -0.39 is 0 Å². The van der Waals surface area contributed by atoms with Crippen molar-refractivity contribution in [1.82, 2.24) is 0 Å². The summed E-state index contributed by atoms with van der Waals surface area (Å²) in [7, 11) is 4.91. The molecule has 0 fully saturated rings. The molecule has 0 aromatic heterocycles. The molecular weight excluding hydrogens is 334 g/mol. The molecule has 5 heteroatoms. The van der Waals surface area contributed by atoms with E-state index in [4.69, 9.17) is 14.2 Å². The highest BCUT2D eigenvalue weighted by Crippen LogP contribution is 2.29. The van der Waals surface area contributed by atoms with Crippen LogP contribution in [-0.4, -0.2) is 21.3 Å². The van der Waals surface area contributed by atoms with E-state index in [9.17, 15) is 0 Å². The second-order valence-corrected chi connectivity index (χ2v) is 5.25. The highest BCUT2D eigenvalue weighted by molar-refractivity contribution is 9.10. The first kappa shape index (κ1) is 15.5. The molecule has 21 heavy (non-hydrogen) atoms. The normalized spacial score (nSPS) is 10.1. The molecule has 0 bridgehead atoms. The van der Waals surface area contributed by atoms with Crippen LogP contribution < -0.4 is 19.5 Å². The van der Waals surface area contributed by atoms with Gasteiger partial charge in [0.15, 0.2) is 11.5 Å². The third-order valence-electron chi connectivity index (χ3n) is 3.10. The summed E-state index contributed by atoms with van der Waals surface area (Å²) in [4.78, 5) is 0. The van der Waals surface area contributed by atoms with Gasteiger partial charge in [0.05, 0.1) is 25.8 Å². The zero-order valence-corrected chi connectivity index (χ0v) is 13.9. The molecule has 0 spiro atoms. The quantitative estimate of drug-likeness (QED) is 0.850. The van der Waals surface area contributed by atoms with Crippen molar-refractivity contribution in [2.24, 2.45) is 0 Å². The van der Waals surface area contributed by atoms with Crippen LogP contribution in [0, 0.1) is 0 Å². The molecule has 0 heterocycles. The summed E-state index contributed by atoms with van der Waals surface area (Å²) in [6.45, 7) is 0.694. The molecule has 0 amide bonds. The van der Waals surface area contributed by atoms with Gasteiger partial charge in [0.1, 0.15) is 5.75 Å². The van der Waals surface area contributed by atoms with E-state index in [-0.39, 0.29) is 0 Å². The van der Waals surface area contributed by atoms with Gasteiger partial charge in [-0.25, -0.2) is 0 Å². The first-order chi connectivity index (χ1) is 10.2. The molecule has 2 aromatic rings. The second kappa shape index (κ2) is 7.22. The summed E-state index contributed by atoms with van der Waals surface area (Å²) in [5, 5.41) is 3.36. The Bertz CT molecular complexity index is 616. The van der Waals surface area contributed by atoms with E-state index >= 15 is 0 Å². The summed E-state index contributed by atoms with van der Waals surface area (Å²) in [5.74, 6) is 2.27. The van der Waals surface area contributed by atoms with Gasteiger partial charge in [-0.05, 0) is 51.8 Å². The summed E-state index contributed by atoms with van der Waals surface area (Å²) in [6.07, 6.45) is 0. The lowest BCUT2D eigenvalue weighted by molar-refractivity contribution is 0.354. The van der Waals surface area contributed by atoms with Crippen LogP contribution in [0.4, 0.5) is 5.69 Å². The molecule has 0 saturated carbocycles. The molecule has 0 radical (unpaired) electrons. The van der Waals surface area contributed by atoms with Crippen LogP contribution >= 0.6 is 15.9 Å². The smallest absolute Gasteiger partial charge is 0.161 e. The van der Waals surface area contributed by atoms with E-state index in [0.29, 0.717) is 6.54 Å². The minimum absolute atomic E-state index is 0.694. The van der Waals surface area contributed by atoms with Gasteiger partial charge in [0, 0.05) is 12.2 Å². The number of hydrogen-bond donors (Lipinski definition) is 1. The first-order valence-corrected chi connectivity index (χ1v) is 7.25. The average Bonchev–Trinajstić information content (AvgIpc) is 2.52. The van der Waals surface area contributed by atoms with Gasteiger partial charge in [-0.2, -0.15) is 0 Å². The van der Waals surface area contributed by atoms with Crippen LogP contribution in [0.3, 0.4) is 0 Å². The number of nitrogens with one attached hydrogen (secondary N) is 1. The summed E-state index contributed by atoms with van der Waals surface area (Å²) >= 11 is 3.47. The zero-order valence-electron chi connectivity index (χ0n) is 12.3. The number of halogens is 1. The summed E-state index contributed by atoms with van der Waals surface area (Å²) in [5.41, 5.74) is 2.12.